The summed E-state index contributed by atoms with van der Waals surface area (Å²) in [5.41, 5.74) is 0. The molecule has 0 aromatic heterocycles. The topological polar surface area (TPSA) is 41.6 Å². The van der Waals surface area contributed by atoms with Crippen molar-refractivity contribution in [3.05, 3.63) is 0 Å². The number of morpholine rings is 1. The Morgan fingerprint density at radius 1 is 1.69 bits per heavy atom. The summed E-state index contributed by atoms with van der Waals surface area (Å²) in [6, 6.07) is 0.214. The molecule has 0 aromatic carbocycles. The van der Waals surface area contributed by atoms with Crippen LogP contribution in [0.2, 0.25) is 0 Å². The molecule has 76 valence electrons. The zero-order chi connectivity index (χ0) is 9.68. The van der Waals surface area contributed by atoms with Crippen molar-refractivity contribution in [2.45, 2.75) is 19.4 Å². The quantitative estimate of drug-likeness (QED) is 0.666. The molecule has 4 nitrogen and oxygen atoms in total. The van der Waals surface area contributed by atoms with Gasteiger partial charge < -0.3 is 15.0 Å². The Morgan fingerprint density at radius 3 is 3.08 bits per heavy atom. The molecule has 1 rings (SSSR count). The minimum atomic E-state index is 0.214. The predicted molar refractivity (Wildman–Crippen MR) is 50.5 cm³/mol. The van der Waals surface area contributed by atoms with Gasteiger partial charge in [0, 0.05) is 19.5 Å². The van der Waals surface area contributed by atoms with Crippen molar-refractivity contribution in [3.63, 3.8) is 0 Å². The Labute approximate surface area is 79.2 Å². The highest BCUT2D eigenvalue weighted by Gasteiger charge is 2.25. The Hall–Kier alpha value is -0.610. The molecule has 1 atom stereocenters. The molecule has 0 spiro atoms. The van der Waals surface area contributed by atoms with E-state index in [9.17, 15) is 4.79 Å². The van der Waals surface area contributed by atoms with E-state index in [4.69, 9.17) is 4.74 Å². The summed E-state index contributed by atoms with van der Waals surface area (Å²) < 4.78 is 5.33. The van der Waals surface area contributed by atoms with Crippen LogP contribution in [0.3, 0.4) is 0 Å². The summed E-state index contributed by atoms with van der Waals surface area (Å²) in [5.74, 6) is 0.226. The summed E-state index contributed by atoms with van der Waals surface area (Å²) in [7, 11) is 1.89. The maximum atomic E-state index is 11.5. The lowest BCUT2D eigenvalue weighted by atomic mass is 10.2. The fraction of sp³-hybridized carbons (Fsp3) is 0.889. The summed E-state index contributed by atoms with van der Waals surface area (Å²) in [4.78, 5) is 13.4. The average molecular weight is 186 g/mol. The molecule has 0 saturated carbocycles. The molecule has 1 N–H and O–H groups in total. The predicted octanol–water partition coefficient (Wildman–Crippen LogP) is -0.157. The molecule has 1 amide bonds. The van der Waals surface area contributed by atoms with Crippen LogP contribution >= 0.6 is 0 Å². The van der Waals surface area contributed by atoms with Crippen LogP contribution in [0.4, 0.5) is 0 Å². The number of hydrogen-bond acceptors (Lipinski definition) is 3. The highest BCUT2D eigenvalue weighted by Crippen LogP contribution is 2.07. The number of carbonyl (C=O) groups is 1. The third-order valence-electron chi connectivity index (χ3n) is 2.29. The SMILES string of the molecule is CCC(=O)N1CCOCC1CNC. The number of nitrogens with zero attached hydrogens (tertiary/aromatic N) is 1. The van der Waals surface area contributed by atoms with Crippen molar-refractivity contribution in [2.24, 2.45) is 0 Å². The molecule has 1 saturated heterocycles. The smallest absolute Gasteiger partial charge is 0.222 e. The number of likely N-dealkylation sites (N-methyl/N-ethyl adjacent to an activating group) is 1. The van der Waals surface area contributed by atoms with Crippen molar-refractivity contribution < 1.29 is 9.53 Å². The fourth-order valence-corrected chi connectivity index (χ4v) is 1.59. The standard InChI is InChI=1S/C9H18N2O2/c1-3-9(12)11-4-5-13-7-8(11)6-10-2/h8,10H,3-7H2,1-2H3. The normalized spacial score (nSPS) is 23.2. The van der Waals surface area contributed by atoms with E-state index < -0.39 is 0 Å². The van der Waals surface area contributed by atoms with Gasteiger partial charge in [-0.3, -0.25) is 4.79 Å². The number of nitrogens with one attached hydrogen (secondary N) is 1. The van der Waals surface area contributed by atoms with E-state index in [1.807, 2.05) is 18.9 Å². The molecule has 0 aliphatic carbocycles. The van der Waals surface area contributed by atoms with E-state index in [0.29, 0.717) is 19.6 Å². The Morgan fingerprint density at radius 2 is 2.46 bits per heavy atom. The van der Waals surface area contributed by atoms with Gasteiger partial charge in [-0.15, -0.1) is 0 Å². The number of ether oxygens (including phenoxy) is 1. The number of hydrogen-bond donors (Lipinski definition) is 1. The number of amides is 1. The van der Waals surface area contributed by atoms with E-state index >= 15 is 0 Å². The molecule has 0 radical (unpaired) electrons. The average Bonchev–Trinajstić information content (AvgIpc) is 2.18. The lowest BCUT2D eigenvalue weighted by Gasteiger charge is -2.35. The van der Waals surface area contributed by atoms with Gasteiger partial charge in [-0.1, -0.05) is 6.92 Å². The zero-order valence-electron chi connectivity index (χ0n) is 8.38. The first-order chi connectivity index (χ1) is 6.29. The van der Waals surface area contributed by atoms with Gasteiger partial charge in [0.2, 0.25) is 5.91 Å². The van der Waals surface area contributed by atoms with Crippen LogP contribution < -0.4 is 5.32 Å². The van der Waals surface area contributed by atoms with Crippen LogP contribution in [0.5, 0.6) is 0 Å². The summed E-state index contributed by atoms with van der Waals surface area (Å²) in [6.45, 7) is 4.78. The van der Waals surface area contributed by atoms with E-state index in [2.05, 4.69) is 5.32 Å². The molecule has 4 heteroatoms. The van der Waals surface area contributed by atoms with E-state index in [1.54, 1.807) is 0 Å². The first kappa shape index (κ1) is 10.5. The van der Waals surface area contributed by atoms with E-state index in [0.717, 1.165) is 13.1 Å². The molecule has 1 unspecified atom stereocenters. The van der Waals surface area contributed by atoms with Crippen molar-refractivity contribution in [3.8, 4) is 0 Å². The van der Waals surface area contributed by atoms with E-state index in [1.165, 1.54) is 0 Å². The Bertz CT molecular complexity index is 171. The van der Waals surface area contributed by atoms with Gasteiger partial charge in [-0.05, 0) is 7.05 Å². The summed E-state index contributed by atoms with van der Waals surface area (Å²) in [5, 5.41) is 3.07. The first-order valence-corrected chi connectivity index (χ1v) is 4.81. The molecule has 0 aromatic rings. The Balaban J connectivity index is 2.50. The molecule has 1 fully saturated rings. The van der Waals surface area contributed by atoms with Gasteiger partial charge in [-0.25, -0.2) is 0 Å². The molecule has 13 heavy (non-hydrogen) atoms. The largest absolute Gasteiger partial charge is 0.377 e. The van der Waals surface area contributed by atoms with Gasteiger partial charge in [-0.2, -0.15) is 0 Å². The van der Waals surface area contributed by atoms with Gasteiger partial charge in [0.05, 0.1) is 19.3 Å². The monoisotopic (exact) mass is 186 g/mol. The minimum Gasteiger partial charge on any atom is -0.377 e. The summed E-state index contributed by atoms with van der Waals surface area (Å²) in [6.07, 6.45) is 0.584. The van der Waals surface area contributed by atoms with Gasteiger partial charge in [0.15, 0.2) is 0 Å². The second-order valence-electron chi connectivity index (χ2n) is 3.23. The third-order valence-corrected chi connectivity index (χ3v) is 2.29. The van der Waals surface area contributed by atoms with Crippen LogP contribution in [-0.2, 0) is 9.53 Å². The minimum absolute atomic E-state index is 0.214. The van der Waals surface area contributed by atoms with Crippen LogP contribution in [0.15, 0.2) is 0 Å². The number of rotatable bonds is 3. The molecule has 1 aliphatic rings. The fourth-order valence-electron chi connectivity index (χ4n) is 1.59. The molecule has 1 heterocycles. The molecular formula is C9H18N2O2. The molecular weight excluding hydrogens is 168 g/mol. The lowest BCUT2D eigenvalue weighted by Crippen LogP contribution is -2.52. The summed E-state index contributed by atoms with van der Waals surface area (Å²) >= 11 is 0. The molecule has 1 aliphatic heterocycles. The lowest BCUT2D eigenvalue weighted by molar-refractivity contribution is -0.139. The Kier molecular flexibility index (Phi) is 4.18. The maximum Gasteiger partial charge on any atom is 0.222 e. The van der Waals surface area contributed by atoms with Gasteiger partial charge in [0.1, 0.15) is 0 Å². The van der Waals surface area contributed by atoms with E-state index in [-0.39, 0.29) is 11.9 Å². The second-order valence-corrected chi connectivity index (χ2v) is 3.23. The number of carbonyl (C=O) groups excluding carboxylic acids is 1. The van der Waals surface area contributed by atoms with Gasteiger partial charge >= 0.3 is 0 Å². The van der Waals surface area contributed by atoms with Crippen LogP contribution in [0, 0.1) is 0 Å². The highest BCUT2D eigenvalue weighted by atomic mass is 16.5. The van der Waals surface area contributed by atoms with Crippen LogP contribution in [-0.4, -0.2) is 50.2 Å². The van der Waals surface area contributed by atoms with Gasteiger partial charge in [0.25, 0.3) is 0 Å². The van der Waals surface area contributed by atoms with Crippen molar-refractivity contribution >= 4 is 5.91 Å². The van der Waals surface area contributed by atoms with Crippen molar-refractivity contribution in [2.75, 3.05) is 33.4 Å². The van der Waals surface area contributed by atoms with Crippen LogP contribution in [0.25, 0.3) is 0 Å². The van der Waals surface area contributed by atoms with Crippen LogP contribution in [0.1, 0.15) is 13.3 Å². The van der Waals surface area contributed by atoms with Crippen molar-refractivity contribution in [1.82, 2.24) is 10.2 Å². The van der Waals surface area contributed by atoms with Crippen molar-refractivity contribution in [1.29, 1.82) is 0 Å². The maximum absolute atomic E-state index is 11.5. The third kappa shape index (κ3) is 2.67. The second kappa shape index (κ2) is 5.19. The molecule has 0 bridgehead atoms. The highest BCUT2D eigenvalue weighted by molar-refractivity contribution is 5.76. The first-order valence-electron chi connectivity index (χ1n) is 4.81. The zero-order valence-corrected chi connectivity index (χ0v) is 8.38.